The Morgan fingerprint density at radius 3 is 1.32 bits per heavy atom. The van der Waals surface area contributed by atoms with Gasteiger partial charge < -0.3 is 24.8 Å². The Balaban J connectivity index is 2.54. The first-order valence-electron chi connectivity index (χ1n) is 10.4. The molecular weight excluding hydrogens is 400 g/mol. The van der Waals surface area contributed by atoms with E-state index in [2.05, 4.69) is 0 Å². The van der Waals surface area contributed by atoms with Gasteiger partial charge in [-0.05, 0) is 26.7 Å². The Kier molecular flexibility index (Phi) is 5.65. The Bertz CT molecular complexity index is 1140. The number of Topliss-reactive ketones (excluding diaryl/α,β-unsaturated/α-hetero) is 2. The predicted octanol–water partition coefficient (Wildman–Crippen LogP) is 5.48. The maximum Gasteiger partial charge on any atom is 0.173 e. The molecule has 0 aliphatic rings. The number of phenols is 4. The van der Waals surface area contributed by atoms with E-state index in [1.54, 1.807) is 13.8 Å². The van der Waals surface area contributed by atoms with Crippen LogP contribution in [-0.2, 0) is 0 Å². The molecule has 3 rings (SSSR count). The zero-order chi connectivity index (χ0) is 23.4. The molecule has 0 bridgehead atoms. The van der Waals surface area contributed by atoms with Crippen LogP contribution in [-0.4, -0.2) is 32.0 Å². The van der Waals surface area contributed by atoms with Crippen LogP contribution in [0.2, 0.25) is 0 Å². The van der Waals surface area contributed by atoms with Crippen LogP contribution in [0.15, 0.2) is 4.42 Å². The average Bonchev–Trinajstić information content (AvgIpc) is 3.16. The number of furan rings is 1. The van der Waals surface area contributed by atoms with Gasteiger partial charge >= 0.3 is 0 Å². The molecule has 0 unspecified atom stereocenters. The molecule has 1 aromatic heterocycles. The van der Waals surface area contributed by atoms with E-state index in [0.717, 1.165) is 0 Å². The largest absolute Gasteiger partial charge is 0.507 e. The summed E-state index contributed by atoms with van der Waals surface area (Å²) >= 11 is 0. The second-order valence-corrected chi connectivity index (χ2v) is 8.25. The van der Waals surface area contributed by atoms with Crippen molar-refractivity contribution in [2.45, 2.75) is 54.4 Å². The molecule has 166 valence electrons. The number of hydrogen-bond donors (Lipinski definition) is 4. The van der Waals surface area contributed by atoms with E-state index in [-0.39, 0.29) is 44.2 Å². The zero-order valence-electron chi connectivity index (χ0n) is 18.6. The average molecular weight is 428 g/mol. The number of fused-ring (bicyclic) bond motifs is 3. The summed E-state index contributed by atoms with van der Waals surface area (Å²) in [6, 6.07) is 0. The molecule has 7 nitrogen and oxygen atoms in total. The van der Waals surface area contributed by atoms with Crippen molar-refractivity contribution in [1.29, 1.82) is 0 Å². The van der Waals surface area contributed by atoms with Gasteiger partial charge in [-0.2, -0.15) is 0 Å². The quantitative estimate of drug-likeness (QED) is 0.383. The molecule has 0 saturated heterocycles. The highest BCUT2D eigenvalue weighted by atomic mass is 16.3. The van der Waals surface area contributed by atoms with Crippen molar-refractivity contribution in [1.82, 2.24) is 0 Å². The van der Waals surface area contributed by atoms with Crippen LogP contribution >= 0.6 is 0 Å². The molecule has 0 spiro atoms. The van der Waals surface area contributed by atoms with Crippen molar-refractivity contribution >= 4 is 33.5 Å². The van der Waals surface area contributed by atoms with Crippen molar-refractivity contribution in [2.75, 3.05) is 0 Å². The molecule has 1 heterocycles. The van der Waals surface area contributed by atoms with Gasteiger partial charge in [-0.1, -0.05) is 27.7 Å². The van der Waals surface area contributed by atoms with Crippen LogP contribution < -0.4 is 0 Å². The lowest BCUT2D eigenvalue weighted by Gasteiger charge is -2.15. The molecule has 31 heavy (non-hydrogen) atoms. The number of aromatic hydroxyl groups is 4. The Hall–Kier alpha value is -3.22. The van der Waals surface area contributed by atoms with Crippen LogP contribution in [0.3, 0.4) is 0 Å². The van der Waals surface area contributed by atoms with Gasteiger partial charge in [0.2, 0.25) is 0 Å². The number of aryl methyl sites for hydroxylation is 2. The predicted molar refractivity (Wildman–Crippen MR) is 117 cm³/mol. The van der Waals surface area contributed by atoms with Crippen LogP contribution in [0.1, 0.15) is 72.4 Å². The minimum atomic E-state index is -0.524. The van der Waals surface area contributed by atoms with E-state index >= 15 is 0 Å². The number of carbonyl (C=O) groups is 2. The van der Waals surface area contributed by atoms with Crippen LogP contribution in [0, 0.1) is 25.7 Å². The summed E-state index contributed by atoms with van der Waals surface area (Å²) in [5.74, 6) is -3.62. The molecule has 7 heteroatoms. The van der Waals surface area contributed by atoms with Crippen molar-refractivity contribution in [3.05, 3.63) is 22.3 Å². The number of rotatable bonds is 6. The van der Waals surface area contributed by atoms with E-state index in [9.17, 15) is 30.0 Å². The van der Waals surface area contributed by atoms with Crippen LogP contribution in [0.4, 0.5) is 0 Å². The first-order valence-corrected chi connectivity index (χ1v) is 10.4. The van der Waals surface area contributed by atoms with Crippen LogP contribution in [0.5, 0.6) is 23.0 Å². The topological polar surface area (TPSA) is 128 Å². The van der Waals surface area contributed by atoms with E-state index in [0.29, 0.717) is 12.8 Å². The summed E-state index contributed by atoms with van der Waals surface area (Å²) in [5.41, 5.74) is 0.0599. The molecule has 2 atom stereocenters. The third-order valence-corrected chi connectivity index (χ3v) is 6.33. The molecule has 0 amide bonds. The van der Waals surface area contributed by atoms with E-state index in [1.807, 2.05) is 13.8 Å². The van der Waals surface area contributed by atoms with Gasteiger partial charge in [0, 0.05) is 23.0 Å². The summed E-state index contributed by atoms with van der Waals surface area (Å²) in [6.07, 6.45) is 1.01. The number of carbonyl (C=O) groups excluding carboxylic acids is 2. The summed E-state index contributed by atoms with van der Waals surface area (Å²) < 4.78 is 5.82. The van der Waals surface area contributed by atoms with Gasteiger partial charge in [0.25, 0.3) is 0 Å². The Morgan fingerprint density at radius 2 is 1.03 bits per heavy atom. The third kappa shape index (κ3) is 3.10. The smallest absolute Gasteiger partial charge is 0.173 e. The maximum absolute atomic E-state index is 12.9. The number of phenolic OH excluding ortho intramolecular Hbond substituents is 4. The highest BCUT2D eigenvalue weighted by Crippen LogP contribution is 2.51. The van der Waals surface area contributed by atoms with Crippen molar-refractivity contribution in [3.63, 3.8) is 0 Å². The van der Waals surface area contributed by atoms with E-state index in [1.165, 1.54) is 13.8 Å². The highest BCUT2D eigenvalue weighted by Gasteiger charge is 2.33. The maximum atomic E-state index is 12.9. The molecule has 3 aromatic rings. The van der Waals surface area contributed by atoms with Crippen molar-refractivity contribution in [3.8, 4) is 23.0 Å². The molecule has 2 aromatic carbocycles. The number of ketones is 2. The first kappa shape index (κ1) is 22.5. The standard InChI is InChI=1S/C24H28O7/c1-7-9(3)17(25)15-19(27)11(5)23-13(21(15)29)14-22(30)16(18(26)10(4)8-2)20(28)12(6)24(14)31-23/h9-10,27-30H,7-8H2,1-6H3/t9-,10+. The number of hydrogen-bond acceptors (Lipinski definition) is 7. The summed E-state index contributed by atoms with van der Waals surface area (Å²) in [7, 11) is 0. The number of benzene rings is 2. The second kappa shape index (κ2) is 7.80. The summed E-state index contributed by atoms with van der Waals surface area (Å²) in [4.78, 5) is 25.7. The van der Waals surface area contributed by atoms with Gasteiger partial charge in [-0.25, -0.2) is 0 Å². The molecular formula is C24H28O7. The summed E-state index contributed by atoms with van der Waals surface area (Å²) in [6.45, 7) is 10.1. The SMILES string of the molecule is CC[C@@H](C)C(=O)c1c(O)c(C)c2oc3c(C)c(O)c(C(=O)[C@@H](C)CC)c(O)c3c2c1O. The lowest BCUT2D eigenvalue weighted by atomic mass is 9.90. The fourth-order valence-corrected chi connectivity index (χ4v) is 3.81. The van der Waals surface area contributed by atoms with Gasteiger partial charge in [0.1, 0.15) is 45.3 Å². The lowest BCUT2D eigenvalue weighted by molar-refractivity contribution is 0.0913. The van der Waals surface area contributed by atoms with Gasteiger partial charge in [0.05, 0.1) is 10.8 Å². The molecule has 0 aliphatic heterocycles. The fourth-order valence-electron chi connectivity index (χ4n) is 3.81. The normalized spacial score (nSPS) is 13.6. The van der Waals surface area contributed by atoms with E-state index < -0.39 is 46.4 Å². The molecule has 0 saturated carbocycles. The molecule has 0 radical (unpaired) electrons. The molecule has 0 aliphatic carbocycles. The highest BCUT2D eigenvalue weighted by molar-refractivity contribution is 6.21. The Labute approximate surface area is 179 Å². The second-order valence-electron chi connectivity index (χ2n) is 8.25. The fraction of sp³-hybridized carbons (Fsp3) is 0.417. The zero-order valence-corrected chi connectivity index (χ0v) is 18.6. The first-order chi connectivity index (χ1) is 14.5. The summed E-state index contributed by atoms with van der Waals surface area (Å²) in [5, 5.41) is 43.4. The van der Waals surface area contributed by atoms with Gasteiger partial charge in [-0.3, -0.25) is 9.59 Å². The van der Waals surface area contributed by atoms with E-state index in [4.69, 9.17) is 4.42 Å². The van der Waals surface area contributed by atoms with Gasteiger partial charge in [0.15, 0.2) is 11.6 Å². The lowest BCUT2D eigenvalue weighted by Crippen LogP contribution is -2.12. The third-order valence-electron chi connectivity index (χ3n) is 6.33. The minimum Gasteiger partial charge on any atom is -0.507 e. The monoisotopic (exact) mass is 428 g/mol. The molecule has 0 fully saturated rings. The Morgan fingerprint density at radius 1 is 0.710 bits per heavy atom. The van der Waals surface area contributed by atoms with Crippen molar-refractivity contribution < 1.29 is 34.4 Å². The molecule has 4 N–H and O–H groups in total. The van der Waals surface area contributed by atoms with Crippen LogP contribution in [0.25, 0.3) is 21.9 Å². The van der Waals surface area contributed by atoms with Gasteiger partial charge in [-0.15, -0.1) is 0 Å². The van der Waals surface area contributed by atoms with Crippen molar-refractivity contribution in [2.24, 2.45) is 11.8 Å². The minimum absolute atomic E-state index is 0.0238.